The van der Waals surface area contributed by atoms with Crippen LogP contribution < -0.4 is 10.6 Å². The molecule has 0 bridgehead atoms. The highest BCUT2D eigenvalue weighted by molar-refractivity contribution is 5.86. The lowest BCUT2D eigenvalue weighted by molar-refractivity contribution is -0.122. The van der Waals surface area contributed by atoms with Crippen molar-refractivity contribution in [1.29, 1.82) is 5.26 Å². The van der Waals surface area contributed by atoms with Crippen LogP contribution in [-0.2, 0) is 22.6 Å². The fourth-order valence-electron chi connectivity index (χ4n) is 2.91. The molecule has 7 heteroatoms. The van der Waals surface area contributed by atoms with Gasteiger partial charge in [-0.1, -0.05) is 42.5 Å². The van der Waals surface area contributed by atoms with Crippen molar-refractivity contribution in [3.63, 3.8) is 0 Å². The molecule has 0 saturated carbocycles. The van der Waals surface area contributed by atoms with Crippen LogP contribution in [0.5, 0.6) is 0 Å². The van der Waals surface area contributed by atoms with E-state index < -0.39 is 18.0 Å². The number of amides is 2. The highest BCUT2D eigenvalue weighted by Crippen LogP contribution is 2.12. The van der Waals surface area contributed by atoms with E-state index in [1.165, 1.54) is 0 Å². The van der Waals surface area contributed by atoms with Gasteiger partial charge in [-0.15, -0.1) is 0 Å². The number of carbonyl (C=O) groups excluding carboxylic acids is 2. The SMILES string of the molecule is N#CCNC(=O)C(Cc1ccc(-n2cccc2)cc1)NC(=O)OCc1ccccc1. The molecule has 0 aliphatic carbocycles. The summed E-state index contributed by atoms with van der Waals surface area (Å²) >= 11 is 0. The third-order valence-electron chi connectivity index (χ3n) is 4.44. The van der Waals surface area contributed by atoms with Gasteiger partial charge in [0, 0.05) is 24.5 Å². The maximum atomic E-state index is 12.4. The Kier molecular flexibility index (Phi) is 7.23. The Labute approximate surface area is 174 Å². The van der Waals surface area contributed by atoms with Gasteiger partial charge < -0.3 is 19.9 Å². The molecule has 0 aliphatic heterocycles. The minimum Gasteiger partial charge on any atom is -0.445 e. The molecule has 0 fully saturated rings. The number of benzene rings is 2. The summed E-state index contributed by atoms with van der Waals surface area (Å²) in [7, 11) is 0. The molecule has 2 amide bonds. The Morgan fingerprint density at radius 2 is 1.67 bits per heavy atom. The van der Waals surface area contributed by atoms with Crippen molar-refractivity contribution in [2.24, 2.45) is 0 Å². The van der Waals surface area contributed by atoms with Crippen LogP contribution in [0.3, 0.4) is 0 Å². The predicted molar refractivity (Wildman–Crippen MR) is 112 cm³/mol. The molecule has 152 valence electrons. The lowest BCUT2D eigenvalue weighted by Crippen LogP contribution is -2.48. The van der Waals surface area contributed by atoms with E-state index in [1.807, 2.05) is 89.8 Å². The minimum atomic E-state index is -0.862. The molecule has 7 nitrogen and oxygen atoms in total. The Morgan fingerprint density at radius 3 is 2.33 bits per heavy atom. The van der Waals surface area contributed by atoms with E-state index in [-0.39, 0.29) is 19.6 Å². The summed E-state index contributed by atoms with van der Waals surface area (Å²) in [4.78, 5) is 24.7. The number of rotatable bonds is 8. The summed E-state index contributed by atoms with van der Waals surface area (Å²) in [6, 6.07) is 21.8. The zero-order chi connectivity index (χ0) is 21.2. The fourth-order valence-corrected chi connectivity index (χ4v) is 2.91. The van der Waals surface area contributed by atoms with Crippen LogP contribution in [0, 0.1) is 11.3 Å². The highest BCUT2D eigenvalue weighted by Gasteiger charge is 2.22. The summed E-state index contributed by atoms with van der Waals surface area (Å²) < 4.78 is 7.19. The molecule has 2 N–H and O–H groups in total. The molecule has 0 radical (unpaired) electrons. The second-order valence-electron chi connectivity index (χ2n) is 6.60. The first-order chi connectivity index (χ1) is 14.7. The third-order valence-corrected chi connectivity index (χ3v) is 4.44. The van der Waals surface area contributed by atoms with Crippen LogP contribution in [0.1, 0.15) is 11.1 Å². The topological polar surface area (TPSA) is 96.1 Å². The van der Waals surface area contributed by atoms with E-state index in [0.717, 1.165) is 16.8 Å². The third kappa shape index (κ3) is 5.97. The Bertz CT molecular complexity index is 993. The van der Waals surface area contributed by atoms with E-state index in [1.54, 1.807) is 0 Å². The van der Waals surface area contributed by atoms with Crippen LogP contribution in [0.2, 0.25) is 0 Å². The van der Waals surface area contributed by atoms with E-state index in [4.69, 9.17) is 10.00 Å². The molecule has 0 spiro atoms. The van der Waals surface area contributed by atoms with Crippen molar-refractivity contribution in [3.8, 4) is 11.8 Å². The summed E-state index contributed by atoms with van der Waals surface area (Å²) in [5, 5.41) is 13.8. The van der Waals surface area contributed by atoms with Gasteiger partial charge in [-0.3, -0.25) is 4.79 Å². The summed E-state index contributed by atoms with van der Waals surface area (Å²) in [5.41, 5.74) is 2.70. The standard InChI is InChI=1S/C23H22N4O3/c24-12-13-25-22(28)21(26-23(29)30-17-19-6-2-1-3-7-19)16-18-8-10-20(11-9-18)27-14-4-5-15-27/h1-11,14-15,21H,13,16-17H2,(H,25,28)(H,26,29). The number of nitrogens with one attached hydrogen (secondary N) is 2. The van der Waals surface area contributed by atoms with Gasteiger partial charge in [0.05, 0.1) is 6.07 Å². The van der Waals surface area contributed by atoms with Crippen molar-refractivity contribution in [2.75, 3.05) is 6.54 Å². The van der Waals surface area contributed by atoms with Crippen LogP contribution in [0.4, 0.5) is 4.79 Å². The maximum Gasteiger partial charge on any atom is 0.408 e. The molecular weight excluding hydrogens is 380 g/mol. The van der Waals surface area contributed by atoms with Crippen LogP contribution in [0.25, 0.3) is 5.69 Å². The average Bonchev–Trinajstić information content (AvgIpc) is 3.32. The smallest absolute Gasteiger partial charge is 0.408 e. The number of nitriles is 1. The number of nitrogens with zero attached hydrogens (tertiary/aromatic N) is 2. The zero-order valence-electron chi connectivity index (χ0n) is 16.3. The lowest BCUT2D eigenvalue weighted by atomic mass is 10.0. The first kappa shape index (κ1) is 20.7. The molecule has 0 saturated heterocycles. The number of hydrogen-bond acceptors (Lipinski definition) is 4. The summed E-state index contributed by atoms with van der Waals surface area (Å²) in [6.45, 7) is -0.0343. The normalized spacial score (nSPS) is 11.2. The van der Waals surface area contributed by atoms with Gasteiger partial charge in [-0.25, -0.2) is 4.79 Å². The van der Waals surface area contributed by atoms with E-state index in [0.29, 0.717) is 0 Å². The number of alkyl carbamates (subject to hydrolysis) is 1. The largest absolute Gasteiger partial charge is 0.445 e. The molecule has 1 unspecified atom stereocenters. The maximum absolute atomic E-state index is 12.4. The molecular formula is C23H22N4O3. The summed E-state index contributed by atoms with van der Waals surface area (Å²) in [5.74, 6) is -0.442. The second-order valence-corrected chi connectivity index (χ2v) is 6.60. The molecule has 0 aliphatic rings. The quantitative estimate of drug-likeness (QED) is 0.566. The van der Waals surface area contributed by atoms with Crippen molar-refractivity contribution < 1.29 is 14.3 Å². The van der Waals surface area contributed by atoms with Gasteiger partial charge in [0.15, 0.2) is 0 Å². The Balaban J connectivity index is 1.63. The van der Waals surface area contributed by atoms with Gasteiger partial charge in [0.2, 0.25) is 5.91 Å². The van der Waals surface area contributed by atoms with Crippen molar-refractivity contribution in [2.45, 2.75) is 19.1 Å². The van der Waals surface area contributed by atoms with E-state index in [9.17, 15) is 9.59 Å². The fraction of sp³-hybridized carbons (Fsp3) is 0.174. The lowest BCUT2D eigenvalue weighted by Gasteiger charge is -2.18. The second kappa shape index (κ2) is 10.5. The molecule has 2 aromatic carbocycles. The minimum absolute atomic E-state index is 0.102. The monoisotopic (exact) mass is 402 g/mol. The molecule has 30 heavy (non-hydrogen) atoms. The molecule has 1 heterocycles. The van der Waals surface area contributed by atoms with E-state index in [2.05, 4.69) is 10.6 Å². The van der Waals surface area contributed by atoms with Gasteiger partial charge in [0.25, 0.3) is 0 Å². The van der Waals surface area contributed by atoms with Gasteiger partial charge in [-0.2, -0.15) is 5.26 Å². The van der Waals surface area contributed by atoms with Crippen molar-refractivity contribution in [3.05, 3.63) is 90.3 Å². The van der Waals surface area contributed by atoms with Gasteiger partial charge in [-0.05, 0) is 35.4 Å². The van der Waals surface area contributed by atoms with Gasteiger partial charge >= 0.3 is 6.09 Å². The first-order valence-corrected chi connectivity index (χ1v) is 9.50. The first-order valence-electron chi connectivity index (χ1n) is 9.50. The molecule has 3 rings (SSSR count). The zero-order valence-corrected chi connectivity index (χ0v) is 16.3. The molecule has 3 aromatic rings. The van der Waals surface area contributed by atoms with E-state index >= 15 is 0 Å². The summed E-state index contributed by atoms with van der Waals surface area (Å²) in [6.07, 6.45) is 3.46. The number of carbonyl (C=O) groups is 2. The number of ether oxygens (including phenoxy) is 1. The van der Waals surface area contributed by atoms with Crippen molar-refractivity contribution >= 4 is 12.0 Å². The highest BCUT2D eigenvalue weighted by atomic mass is 16.5. The molecule has 1 atom stereocenters. The van der Waals surface area contributed by atoms with Crippen LogP contribution in [-0.4, -0.2) is 29.2 Å². The Morgan fingerprint density at radius 1 is 0.967 bits per heavy atom. The number of hydrogen-bond donors (Lipinski definition) is 2. The number of aromatic nitrogens is 1. The molecule has 1 aromatic heterocycles. The predicted octanol–water partition coefficient (Wildman–Crippen LogP) is 2.95. The van der Waals surface area contributed by atoms with Crippen LogP contribution in [0.15, 0.2) is 79.1 Å². The average molecular weight is 402 g/mol. The van der Waals surface area contributed by atoms with Crippen molar-refractivity contribution in [1.82, 2.24) is 15.2 Å². The van der Waals surface area contributed by atoms with Crippen LogP contribution >= 0.6 is 0 Å². The van der Waals surface area contributed by atoms with Gasteiger partial charge in [0.1, 0.15) is 19.2 Å². The Hall–Kier alpha value is -4.05.